The molecule has 3 aromatic rings. The first-order chi connectivity index (χ1) is 23.1. The molecule has 48 heavy (non-hydrogen) atoms. The highest BCUT2D eigenvalue weighted by Gasteiger charge is 2.48. The van der Waals surface area contributed by atoms with E-state index in [4.69, 9.17) is 14.2 Å². The molecule has 0 saturated carbocycles. The Morgan fingerprint density at radius 2 is 2.00 bits per heavy atom. The zero-order valence-electron chi connectivity index (χ0n) is 27.0. The molecule has 0 aliphatic carbocycles. The second-order valence-corrected chi connectivity index (χ2v) is 12.3. The van der Waals surface area contributed by atoms with Crippen LogP contribution in [0.1, 0.15) is 25.8 Å². The van der Waals surface area contributed by atoms with Crippen LogP contribution in [0.4, 0.5) is 26.2 Å². The molecule has 13 nitrogen and oxygen atoms in total. The van der Waals surface area contributed by atoms with E-state index >= 15 is 0 Å². The van der Waals surface area contributed by atoms with E-state index in [1.165, 1.54) is 19.1 Å². The van der Waals surface area contributed by atoms with Gasteiger partial charge in [-0.1, -0.05) is 0 Å². The van der Waals surface area contributed by atoms with Crippen molar-refractivity contribution in [3.8, 4) is 29.0 Å². The SMILES string of the molecule is COc1nc(Nc2nccc(-c3ccc(OC4CCN(C(=O)[C@H](C)O)CC4(F)F)c(C#N)c3)n2)ccc1N1CCN(C2COC2)C[C@H]1C. The van der Waals surface area contributed by atoms with Crippen LogP contribution in [-0.2, 0) is 9.53 Å². The monoisotopic (exact) mass is 664 g/mol. The van der Waals surface area contributed by atoms with E-state index in [0.717, 1.165) is 43.4 Å². The number of benzene rings is 1. The number of amides is 1. The first-order valence-electron chi connectivity index (χ1n) is 15.9. The van der Waals surface area contributed by atoms with E-state index < -0.39 is 30.6 Å². The summed E-state index contributed by atoms with van der Waals surface area (Å²) in [5.41, 5.74) is 1.99. The Hall–Kier alpha value is -4.65. The molecule has 3 saturated heterocycles. The summed E-state index contributed by atoms with van der Waals surface area (Å²) in [6, 6.07) is 12.8. The summed E-state index contributed by atoms with van der Waals surface area (Å²) >= 11 is 0. The third-order valence-corrected chi connectivity index (χ3v) is 8.90. The summed E-state index contributed by atoms with van der Waals surface area (Å²) in [6.07, 6.45) is -1.52. The molecule has 5 heterocycles. The van der Waals surface area contributed by atoms with E-state index in [1.807, 2.05) is 18.2 Å². The molecule has 1 unspecified atom stereocenters. The number of hydrogen-bond acceptors (Lipinski definition) is 12. The van der Waals surface area contributed by atoms with Gasteiger partial charge in [0.05, 0.1) is 44.2 Å². The number of pyridine rings is 1. The first kappa shape index (κ1) is 33.3. The summed E-state index contributed by atoms with van der Waals surface area (Å²) in [6.45, 7) is 6.83. The predicted molar refractivity (Wildman–Crippen MR) is 171 cm³/mol. The number of hydrogen-bond donors (Lipinski definition) is 2. The van der Waals surface area contributed by atoms with Crippen LogP contribution >= 0.6 is 0 Å². The summed E-state index contributed by atoms with van der Waals surface area (Å²) in [7, 11) is 1.59. The van der Waals surface area contributed by atoms with Crippen LogP contribution < -0.4 is 19.7 Å². The Balaban J connectivity index is 1.13. The average molecular weight is 665 g/mol. The Morgan fingerprint density at radius 3 is 2.67 bits per heavy atom. The summed E-state index contributed by atoms with van der Waals surface area (Å²) in [5.74, 6) is -2.93. The molecule has 3 aliphatic rings. The normalized spacial score (nSPS) is 21.9. The van der Waals surface area contributed by atoms with Crippen molar-refractivity contribution in [3.05, 3.63) is 48.2 Å². The number of nitrogens with one attached hydrogen (secondary N) is 1. The molecule has 2 N–H and O–H groups in total. The van der Waals surface area contributed by atoms with Crippen molar-refractivity contribution in [2.75, 3.05) is 63.3 Å². The third-order valence-electron chi connectivity index (χ3n) is 8.90. The highest BCUT2D eigenvalue weighted by atomic mass is 19.3. The number of aromatic nitrogens is 3. The molecule has 1 aromatic carbocycles. The molecule has 6 rings (SSSR count). The topological polar surface area (TPSA) is 149 Å². The maximum Gasteiger partial charge on any atom is 0.301 e. The third kappa shape index (κ3) is 6.96. The zero-order valence-corrected chi connectivity index (χ0v) is 27.0. The second kappa shape index (κ2) is 13.8. The average Bonchev–Trinajstić information content (AvgIpc) is 3.04. The van der Waals surface area contributed by atoms with Crippen LogP contribution in [0.3, 0.4) is 0 Å². The Labute approximate surface area is 277 Å². The van der Waals surface area contributed by atoms with Crippen LogP contribution in [0, 0.1) is 11.3 Å². The van der Waals surface area contributed by atoms with Gasteiger partial charge in [0, 0.05) is 50.4 Å². The second-order valence-electron chi connectivity index (χ2n) is 12.3. The van der Waals surface area contributed by atoms with Gasteiger partial charge < -0.3 is 34.4 Å². The van der Waals surface area contributed by atoms with Crippen molar-refractivity contribution in [2.24, 2.45) is 0 Å². The molecule has 0 bridgehead atoms. The molecule has 3 fully saturated rings. The van der Waals surface area contributed by atoms with E-state index in [9.17, 15) is 23.9 Å². The molecule has 3 aliphatic heterocycles. The number of nitrogens with zero attached hydrogens (tertiary/aromatic N) is 7. The van der Waals surface area contributed by atoms with Crippen LogP contribution in [0.5, 0.6) is 11.6 Å². The van der Waals surface area contributed by atoms with Gasteiger partial charge >= 0.3 is 5.92 Å². The number of rotatable bonds is 9. The van der Waals surface area contributed by atoms with Gasteiger partial charge in [0.15, 0.2) is 6.10 Å². The molecule has 254 valence electrons. The van der Waals surface area contributed by atoms with E-state index in [0.29, 0.717) is 29.0 Å². The van der Waals surface area contributed by atoms with Gasteiger partial charge in [-0.25, -0.2) is 18.7 Å². The molecule has 0 radical (unpaired) electrons. The van der Waals surface area contributed by atoms with Gasteiger partial charge in [-0.05, 0) is 50.2 Å². The number of alkyl halides is 2. The molecular weight excluding hydrogens is 626 g/mol. The lowest BCUT2D eigenvalue weighted by molar-refractivity contribution is -0.165. The van der Waals surface area contributed by atoms with Crippen molar-refractivity contribution in [1.82, 2.24) is 24.8 Å². The Bertz CT molecular complexity index is 1680. The molecular formula is C33H38F2N8O5. The number of piperazine rings is 1. The number of aliphatic hydroxyl groups excluding tert-OH is 1. The number of halogens is 2. The summed E-state index contributed by atoms with van der Waals surface area (Å²) in [4.78, 5) is 31.3. The summed E-state index contributed by atoms with van der Waals surface area (Å²) in [5, 5.41) is 22.5. The Morgan fingerprint density at radius 1 is 1.19 bits per heavy atom. The van der Waals surface area contributed by atoms with Crippen molar-refractivity contribution in [3.63, 3.8) is 0 Å². The van der Waals surface area contributed by atoms with Crippen LogP contribution in [0.15, 0.2) is 42.6 Å². The fourth-order valence-electron chi connectivity index (χ4n) is 6.22. The lowest BCUT2D eigenvalue weighted by atomic mass is 10.0. The number of likely N-dealkylation sites (tertiary alicyclic amines) is 1. The molecule has 15 heteroatoms. The molecule has 0 spiro atoms. The number of methoxy groups -OCH3 is 1. The summed E-state index contributed by atoms with van der Waals surface area (Å²) < 4.78 is 46.5. The number of ether oxygens (including phenoxy) is 3. The van der Waals surface area contributed by atoms with Gasteiger partial charge in [0.25, 0.3) is 5.91 Å². The van der Waals surface area contributed by atoms with Crippen molar-refractivity contribution in [1.29, 1.82) is 5.26 Å². The maximum atomic E-state index is 14.9. The van der Waals surface area contributed by atoms with Gasteiger partial charge in [-0.15, -0.1) is 0 Å². The molecule has 3 atom stereocenters. The van der Waals surface area contributed by atoms with Gasteiger partial charge in [0.1, 0.15) is 29.4 Å². The highest BCUT2D eigenvalue weighted by Crippen LogP contribution is 2.35. The minimum atomic E-state index is -3.38. The predicted octanol–water partition coefficient (Wildman–Crippen LogP) is 3.07. The smallest absolute Gasteiger partial charge is 0.301 e. The molecule has 2 aromatic heterocycles. The molecule has 1 amide bonds. The standard InChI is InChI=1S/C33H38F2N8O5/c1-20-16-41(24-17-47-18-24)12-13-43(20)26-5-7-29(39-30(26)46-3)40-32-37-10-8-25(38-32)22-4-6-27(23(14-22)15-36)48-28-9-11-42(19-33(28,34)35)31(45)21(2)44/h4-8,10,14,20-21,24,28,44H,9,11-13,16-19H2,1-3H3,(H,37,38,39,40)/t20-,21+,28?/m1/s1. The lowest BCUT2D eigenvalue weighted by Crippen LogP contribution is -2.59. The Kier molecular flexibility index (Phi) is 9.58. The number of anilines is 3. The number of aliphatic hydroxyl groups is 1. The largest absolute Gasteiger partial charge is 0.483 e. The number of carbonyl (C=O) groups is 1. The van der Waals surface area contributed by atoms with Gasteiger partial charge in [-0.3, -0.25) is 9.69 Å². The van der Waals surface area contributed by atoms with E-state index in [1.54, 1.807) is 25.4 Å². The number of carbonyl (C=O) groups excluding carboxylic acids is 1. The van der Waals surface area contributed by atoms with Crippen molar-refractivity contribution < 1.29 is 32.9 Å². The fourth-order valence-corrected chi connectivity index (χ4v) is 6.22. The lowest BCUT2D eigenvalue weighted by Gasteiger charge is -2.46. The van der Waals surface area contributed by atoms with Crippen LogP contribution in [0.25, 0.3) is 11.3 Å². The van der Waals surface area contributed by atoms with Crippen molar-refractivity contribution >= 4 is 23.4 Å². The van der Waals surface area contributed by atoms with Crippen molar-refractivity contribution in [2.45, 2.75) is 50.5 Å². The number of piperidine rings is 1. The zero-order chi connectivity index (χ0) is 34.0. The maximum absolute atomic E-state index is 14.9. The van der Waals surface area contributed by atoms with E-state index in [2.05, 4.69) is 37.0 Å². The van der Waals surface area contributed by atoms with Crippen LogP contribution in [0.2, 0.25) is 0 Å². The highest BCUT2D eigenvalue weighted by molar-refractivity contribution is 5.80. The van der Waals surface area contributed by atoms with E-state index in [-0.39, 0.29) is 36.3 Å². The number of nitriles is 1. The minimum Gasteiger partial charge on any atom is -0.483 e. The quantitative estimate of drug-likeness (QED) is 0.346. The van der Waals surface area contributed by atoms with Crippen LogP contribution in [-0.4, -0.2) is 119 Å². The first-order valence-corrected chi connectivity index (χ1v) is 15.9. The van der Waals surface area contributed by atoms with Gasteiger partial charge in [0.2, 0.25) is 11.8 Å². The minimum absolute atomic E-state index is 0.00203. The van der Waals surface area contributed by atoms with Gasteiger partial charge in [-0.2, -0.15) is 10.2 Å². The fraction of sp³-hybridized carbons (Fsp3) is 0.485.